The molecule has 1 heterocycles. The van der Waals surface area contributed by atoms with Gasteiger partial charge in [0.15, 0.2) is 0 Å². The lowest BCUT2D eigenvalue weighted by Gasteiger charge is -2.26. The van der Waals surface area contributed by atoms with Crippen LogP contribution in [0.15, 0.2) is 23.1 Å². The van der Waals surface area contributed by atoms with Gasteiger partial charge in [-0.05, 0) is 36.5 Å². The monoisotopic (exact) mass is 287 g/mol. The van der Waals surface area contributed by atoms with E-state index in [0.29, 0.717) is 0 Å². The molecule has 1 nitrogen and oxygen atoms in total. The first-order valence-corrected chi connectivity index (χ1v) is 7.55. The zero-order valence-electron chi connectivity index (χ0n) is 10.5. The van der Waals surface area contributed by atoms with Crippen LogP contribution >= 0.6 is 11.8 Å². The number of anilines is 1. The number of halogens is 3. The van der Waals surface area contributed by atoms with E-state index in [1.165, 1.54) is 37.8 Å². The van der Waals surface area contributed by atoms with Crippen LogP contribution < -0.4 is 5.32 Å². The van der Waals surface area contributed by atoms with Crippen LogP contribution in [0.2, 0.25) is 0 Å². The molecule has 1 aromatic carbocycles. The van der Waals surface area contributed by atoms with Crippen LogP contribution in [0.5, 0.6) is 0 Å². The number of fused-ring (bicyclic) bond motifs is 1. The van der Waals surface area contributed by atoms with Crippen LogP contribution in [-0.2, 0) is 6.18 Å². The predicted octanol–water partition coefficient (Wildman–Crippen LogP) is 4.78. The smallest absolute Gasteiger partial charge is 0.384 e. The number of hydrogen-bond donors (Lipinski definition) is 1. The molecule has 1 aromatic rings. The average Bonchev–Trinajstić information content (AvgIpc) is 2.74. The molecule has 0 atom stereocenters. The number of alkyl halides is 3. The van der Waals surface area contributed by atoms with Crippen molar-refractivity contribution < 1.29 is 13.2 Å². The molecule has 1 fully saturated rings. The van der Waals surface area contributed by atoms with Crippen LogP contribution in [0.25, 0.3) is 0 Å². The lowest BCUT2D eigenvalue weighted by molar-refractivity contribution is -0.137. The van der Waals surface area contributed by atoms with Gasteiger partial charge in [-0.2, -0.15) is 13.2 Å². The molecule has 0 radical (unpaired) electrons. The van der Waals surface area contributed by atoms with E-state index in [2.05, 4.69) is 5.32 Å². The van der Waals surface area contributed by atoms with Gasteiger partial charge in [-0.1, -0.05) is 12.8 Å². The molecule has 2 aliphatic rings. The van der Waals surface area contributed by atoms with E-state index in [4.69, 9.17) is 0 Å². The van der Waals surface area contributed by atoms with Gasteiger partial charge in [-0.3, -0.25) is 0 Å². The average molecular weight is 287 g/mol. The van der Waals surface area contributed by atoms with Crippen molar-refractivity contribution >= 4 is 17.4 Å². The van der Waals surface area contributed by atoms with Gasteiger partial charge in [0.1, 0.15) is 0 Å². The van der Waals surface area contributed by atoms with Crippen molar-refractivity contribution in [2.24, 2.45) is 5.41 Å². The fourth-order valence-electron chi connectivity index (χ4n) is 2.97. The van der Waals surface area contributed by atoms with Gasteiger partial charge < -0.3 is 5.32 Å². The summed E-state index contributed by atoms with van der Waals surface area (Å²) in [5.41, 5.74) is 0.576. The third-order valence-corrected chi connectivity index (χ3v) is 5.57. The minimum absolute atomic E-state index is 0.280. The Kier molecular flexibility index (Phi) is 3.20. The molecular weight excluding hydrogens is 271 g/mol. The van der Waals surface area contributed by atoms with Crippen molar-refractivity contribution in [3.8, 4) is 0 Å². The third-order valence-electron chi connectivity index (χ3n) is 4.16. The van der Waals surface area contributed by atoms with Gasteiger partial charge in [0.2, 0.25) is 0 Å². The molecule has 1 aliphatic heterocycles. The largest absolute Gasteiger partial charge is 0.416 e. The molecule has 1 aliphatic carbocycles. The lowest BCUT2D eigenvalue weighted by Crippen LogP contribution is -2.27. The van der Waals surface area contributed by atoms with Crippen LogP contribution in [0.3, 0.4) is 0 Å². The van der Waals surface area contributed by atoms with E-state index < -0.39 is 11.7 Å². The minimum Gasteiger partial charge on any atom is -0.384 e. The predicted molar refractivity (Wildman–Crippen MR) is 71.6 cm³/mol. The molecule has 3 rings (SSSR count). The summed E-state index contributed by atoms with van der Waals surface area (Å²) in [5.74, 6) is 0.925. The number of benzene rings is 1. The van der Waals surface area contributed by atoms with Gasteiger partial charge in [-0.15, -0.1) is 11.8 Å². The Morgan fingerprint density at radius 1 is 1.16 bits per heavy atom. The second-order valence-corrected chi connectivity index (χ2v) is 6.58. The van der Waals surface area contributed by atoms with Crippen molar-refractivity contribution in [3.05, 3.63) is 23.8 Å². The van der Waals surface area contributed by atoms with E-state index >= 15 is 0 Å². The maximum absolute atomic E-state index is 12.7. The quantitative estimate of drug-likeness (QED) is 0.736. The van der Waals surface area contributed by atoms with E-state index in [-0.39, 0.29) is 5.41 Å². The van der Waals surface area contributed by atoms with Crippen molar-refractivity contribution in [1.29, 1.82) is 0 Å². The van der Waals surface area contributed by atoms with E-state index in [1.807, 2.05) is 0 Å². The standard InChI is InChI=1S/C14H16F3NS/c15-14(16,17)10-3-4-11-12(7-10)19-9-13(8-18-11)5-1-2-6-13/h3-4,7,18H,1-2,5-6,8-9H2. The van der Waals surface area contributed by atoms with Crippen LogP contribution in [0.4, 0.5) is 18.9 Å². The number of thioether (sulfide) groups is 1. The third kappa shape index (κ3) is 2.57. The fourth-order valence-corrected chi connectivity index (χ4v) is 4.33. The Labute approximate surface area is 115 Å². The molecule has 1 spiro atoms. The van der Waals surface area contributed by atoms with Crippen molar-refractivity contribution in [3.63, 3.8) is 0 Å². The van der Waals surface area contributed by atoms with Crippen LogP contribution in [-0.4, -0.2) is 12.3 Å². The summed E-state index contributed by atoms with van der Waals surface area (Å²) in [5, 5.41) is 3.35. The summed E-state index contributed by atoms with van der Waals surface area (Å²) in [6, 6.07) is 4.01. The highest BCUT2D eigenvalue weighted by Crippen LogP contribution is 2.46. The number of nitrogens with one attached hydrogen (secondary N) is 1. The van der Waals surface area contributed by atoms with Gasteiger partial charge in [0.25, 0.3) is 0 Å². The first kappa shape index (κ1) is 13.2. The highest BCUT2D eigenvalue weighted by atomic mass is 32.2. The minimum atomic E-state index is -4.26. The highest BCUT2D eigenvalue weighted by Gasteiger charge is 2.37. The van der Waals surface area contributed by atoms with Gasteiger partial charge >= 0.3 is 6.18 Å². The molecule has 0 aromatic heterocycles. The van der Waals surface area contributed by atoms with Gasteiger partial charge in [-0.25, -0.2) is 0 Å². The zero-order valence-corrected chi connectivity index (χ0v) is 11.3. The molecule has 0 unspecified atom stereocenters. The van der Waals surface area contributed by atoms with Crippen molar-refractivity contribution in [2.75, 3.05) is 17.6 Å². The van der Waals surface area contributed by atoms with Crippen LogP contribution in [0, 0.1) is 5.41 Å². The lowest BCUT2D eigenvalue weighted by atomic mass is 9.88. The normalized spacial score (nSPS) is 21.8. The maximum atomic E-state index is 12.7. The van der Waals surface area contributed by atoms with Gasteiger partial charge in [0.05, 0.1) is 5.56 Å². The summed E-state index contributed by atoms with van der Waals surface area (Å²) in [6.07, 6.45) is 0.603. The molecule has 104 valence electrons. The molecule has 19 heavy (non-hydrogen) atoms. The van der Waals surface area contributed by atoms with Crippen molar-refractivity contribution in [2.45, 2.75) is 36.8 Å². The topological polar surface area (TPSA) is 12.0 Å². The molecule has 0 amide bonds. The van der Waals surface area contributed by atoms with E-state index in [1.54, 1.807) is 17.8 Å². The zero-order chi connectivity index (χ0) is 13.5. The summed E-state index contributed by atoms with van der Waals surface area (Å²) >= 11 is 1.57. The summed E-state index contributed by atoms with van der Waals surface area (Å²) < 4.78 is 38.2. The number of rotatable bonds is 0. The molecular formula is C14H16F3NS. The molecule has 0 saturated heterocycles. The Bertz CT molecular complexity index is 478. The SMILES string of the molecule is FC(F)(F)c1ccc2c(c1)SCC1(CCCC1)CN2. The molecule has 1 N–H and O–H groups in total. The first-order valence-electron chi connectivity index (χ1n) is 6.57. The Balaban J connectivity index is 1.86. The second-order valence-electron chi connectivity index (χ2n) is 5.56. The van der Waals surface area contributed by atoms with Crippen LogP contribution in [0.1, 0.15) is 31.2 Å². The van der Waals surface area contributed by atoms with Crippen molar-refractivity contribution in [1.82, 2.24) is 0 Å². The Morgan fingerprint density at radius 2 is 1.89 bits per heavy atom. The first-order chi connectivity index (χ1) is 8.99. The van der Waals surface area contributed by atoms with E-state index in [0.717, 1.165) is 22.9 Å². The van der Waals surface area contributed by atoms with E-state index in [9.17, 15) is 13.2 Å². The van der Waals surface area contributed by atoms with Gasteiger partial charge in [0, 0.05) is 22.9 Å². The summed E-state index contributed by atoms with van der Waals surface area (Å²) in [4.78, 5) is 0.735. The molecule has 5 heteroatoms. The Hall–Kier alpha value is -0.840. The number of hydrogen-bond acceptors (Lipinski definition) is 2. The molecule has 1 saturated carbocycles. The summed E-state index contributed by atoms with van der Waals surface area (Å²) in [7, 11) is 0. The highest BCUT2D eigenvalue weighted by molar-refractivity contribution is 7.99. The fraction of sp³-hybridized carbons (Fsp3) is 0.571. The summed E-state index contributed by atoms with van der Waals surface area (Å²) in [6.45, 7) is 0.887. The maximum Gasteiger partial charge on any atom is 0.416 e. The Morgan fingerprint density at radius 3 is 2.58 bits per heavy atom. The second kappa shape index (κ2) is 4.62. The molecule has 0 bridgehead atoms.